The number of aryl methyl sites for hydroxylation is 1. The van der Waals surface area contributed by atoms with Crippen molar-refractivity contribution >= 4 is 57.2 Å². The van der Waals surface area contributed by atoms with E-state index in [-0.39, 0.29) is 11.5 Å². The van der Waals surface area contributed by atoms with E-state index in [0.717, 1.165) is 33.3 Å². The fourth-order valence-electron chi connectivity index (χ4n) is 4.42. The summed E-state index contributed by atoms with van der Waals surface area (Å²) in [5, 5.41) is 10.2. The number of thiocarbonyl (C=S) groups is 1. The summed E-state index contributed by atoms with van der Waals surface area (Å²) in [5.74, 6) is 0.219. The molecule has 39 heavy (non-hydrogen) atoms. The molecule has 1 fully saturated rings. The van der Waals surface area contributed by atoms with Gasteiger partial charge in [0, 0.05) is 29.2 Å². The van der Waals surface area contributed by atoms with Gasteiger partial charge in [0.1, 0.15) is 15.8 Å². The molecule has 1 aliphatic rings. The highest BCUT2D eigenvalue weighted by Gasteiger charge is 2.31. The van der Waals surface area contributed by atoms with E-state index in [1.54, 1.807) is 24.1 Å². The standard InChI is InChI=1S/C30H26N2O5S2/c1-18-17-31-25-10-7-21(16-23(18)25)24-14-19(4-11-26(24)36-2)15-27-28(33)32(30(38)39-27)12-3-13-37-22-8-5-20(6-9-22)29(34)35/h4-11,14-17,31H,3,12-13H2,1-2H3,(H,34,35). The van der Waals surface area contributed by atoms with Gasteiger partial charge in [0.05, 0.1) is 24.2 Å². The quantitative estimate of drug-likeness (QED) is 0.137. The predicted molar refractivity (Wildman–Crippen MR) is 158 cm³/mol. The molecule has 1 aromatic heterocycles. The first kappa shape index (κ1) is 26.5. The van der Waals surface area contributed by atoms with E-state index in [9.17, 15) is 9.59 Å². The fourth-order valence-corrected chi connectivity index (χ4v) is 5.73. The normalized spacial score (nSPS) is 14.4. The molecular formula is C30H26N2O5S2. The highest BCUT2D eigenvalue weighted by atomic mass is 32.2. The minimum absolute atomic E-state index is 0.127. The summed E-state index contributed by atoms with van der Waals surface area (Å²) in [5.41, 5.74) is 5.31. The second kappa shape index (κ2) is 11.3. The van der Waals surface area contributed by atoms with Gasteiger partial charge in [0.2, 0.25) is 0 Å². The molecule has 1 aliphatic heterocycles. The molecule has 3 aromatic carbocycles. The Labute approximate surface area is 235 Å². The summed E-state index contributed by atoms with van der Waals surface area (Å²) in [4.78, 5) is 29.6. The number of benzene rings is 3. The van der Waals surface area contributed by atoms with Gasteiger partial charge in [-0.15, -0.1) is 0 Å². The molecule has 5 rings (SSSR count). The first-order chi connectivity index (χ1) is 18.8. The van der Waals surface area contributed by atoms with Crippen molar-refractivity contribution in [3.8, 4) is 22.6 Å². The molecule has 1 saturated heterocycles. The Morgan fingerprint density at radius 3 is 2.67 bits per heavy atom. The molecule has 0 aliphatic carbocycles. The Bertz CT molecular complexity index is 1610. The number of hydrogen-bond donors (Lipinski definition) is 2. The second-order valence-electron chi connectivity index (χ2n) is 9.06. The van der Waals surface area contributed by atoms with E-state index in [1.165, 1.54) is 29.5 Å². The first-order valence-electron chi connectivity index (χ1n) is 12.3. The zero-order valence-electron chi connectivity index (χ0n) is 21.4. The SMILES string of the molecule is COc1ccc(C=C2SC(=S)N(CCCOc3ccc(C(=O)O)cc3)C2=O)cc1-c1ccc2[nH]cc(C)c2c1. The fraction of sp³-hybridized carbons (Fsp3) is 0.167. The Morgan fingerprint density at radius 1 is 1.13 bits per heavy atom. The third-order valence-electron chi connectivity index (χ3n) is 6.49. The summed E-state index contributed by atoms with van der Waals surface area (Å²) in [7, 11) is 1.65. The number of fused-ring (bicyclic) bond motifs is 1. The molecule has 0 bridgehead atoms. The van der Waals surface area contributed by atoms with Crippen molar-refractivity contribution in [2.45, 2.75) is 13.3 Å². The molecule has 0 spiro atoms. The maximum Gasteiger partial charge on any atom is 0.335 e. The third kappa shape index (κ3) is 5.69. The highest BCUT2D eigenvalue weighted by Crippen LogP contribution is 2.36. The van der Waals surface area contributed by atoms with Crippen molar-refractivity contribution < 1.29 is 24.2 Å². The maximum atomic E-state index is 13.1. The van der Waals surface area contributed by atoms with Crippen molar-refractivity contribution in [1.29, 1.82) is 0 Å². The molecule has 0 atom stereocenters. The van der Waals surface area contributed by atoms with Crippen molar-refractivity contribution in [1.82, 2.24) is 9.88 Å². The molecular weight excluding hydrogens is 532 g/mol. The number of carbonyl (C=O) groups is 2. The topological polar surface area (TPSA) is 91.9 Å². The van der Waals surface area contributed by atoms with Gasteiger partial charge in [-0.1, -0.05) is 36.1 Å². The van der Waals surface area contributed by atoms with Gasteiger partial charge in [0.15, 0.2) is 0 Å². The largest absolute Gasteiger partial charge is 0.496 e. The molecule has 7 nitrogen and oxygen atoms in total. The smallest absolute Gasteiger partial charge is 0.335 e. The number of hydrogen-bond acceptors (Lipinski definition) is 6. The number of aromatic nitrogens is 1. The average molecular weight is 559 g/mol. The maximum absolute atomic E-state index is 13.1. The van der Waals surface area contributed by atoms with Crippen LogP contribution in [0.15, 0.2) is 71.8 Å². The first-order valence-corrected chi connectivity index (χ1v) is 13.5. The molecule has 1 amide bonds. The average Bonchev–Trinajstić information content (AvgIpc) is 3.44. The molecule has 198 valence electrons. The number of ether oxygens (including phenoxy) is 2. The third-order valence-corrected chi connectivity index (χ3v) is 7.87. The van der Waals surface area contributed by atoms with Gasteiger partial charge in [-0.25, -0.2) is 4.79 Å². The van der Waals surface area contributed by atoms with E-state index < -0.39 is 5.97 Å². The molecule has 9 heteroatoms. The van der Waals surface area contributed by atoms with E-state index in [4.69, 9.17) is 26.8 Å². The predicted octanol–water partition coefficient (Wildman–Crippen LogP) is 6.52. The number of thioether (sulfide) groups is 1. The van der Waals surface area contributed by atoms with Crippen LogP contribution >= 0.6 is 24.0 Å². The number of amides is 1. The van der Waals surface area contributed by atoms with E-state index >= 15 is 0 Å². The lowest BCUT2D eigenvalue weighted by atomic mass is 9.99. The minimum atomic E-state index is -0.983. The summed E-state index contributed by atoms with van der Waals surface area (Å²) < 4.78 is 11.8. The summed E-state index contributed by atoms with van der Waals surface area (Å²) >= 11 is 6.78. The number of methoxy groups -OCH3 is 1. The number of carboxylic acids is 1. The van der Waals surface area contributed by atoms with Crippen LogP contribution in [0.4, 0.5) is 0 Å². The van der Waals surface area contributed by atoms with Crippen LogP contribution in [-0.4, -0.2) is 51.4 Å². The lowest BCUT2D eigenvalue weighted by Crippen LogP contribution is -2.29. The number of H-pyrrole nitrogens is 1. The number of aromatic carboxylic acids is 1. The number of carbonyl (C=O) groups excluding carboxylic acids is 1. The van der Waals surface area contributed by atoms with Crippen molar-refractivity contribution in [3.05, 3.63) is 88.5 Å². The van der Waals surface area contributed by atoms with E-state index in [0.29, 0.717) is 34.5 Å². The van der Waals surface area contributed by atoms with Crippen molar-refractivity contribution in [2.24, 2.45) is 0 Å². The van der Waals surface area contributed by atoms with Crippen LogP contribution in [0.1, 0.15) is 27.9 Å². The lowest BCUT2D eigenvalue weighted by molar-refractivity contribution is -0.122. The lowest BCUT2D eigenvalue weighted by Gasteiger charge is -2.14. The Balaban J connectivity index is 1.27. The van der Waals surface area contributed by atoms with Crippen LogP contribution in [0.2, 0.25) is 0 Å². The summed E-state index contributed by atoms with van der Waals surface area (Å²) in [6, 6.07) is 18.4. The van der Waals surface area contributed by atoms with Gasteiger partial charge in [-0.3, -0.25) is 9.69 Å². The van der Waals surface area contributed by atoms with E-state index in [1.807, 2.05) is 30.5 Å². The molecule has 0 radical (unpaired) electrons. The Hall–Kier alpha value is -4.08. The zero-order chi connectivity index (χ0) is 27.5. The number of nitrogens with one attached hydrogen (secondary N) is 1. The zero-order valence-corrected chi connectivity index (χ0v) is 23.0. The Morgan fingerprint density at radius 2 is 1.92 bits per heavy atom. The minimum Gasteiger partial charge on any atom is -0.496 e. The molecule has 0 unspecified atom stereocenters. The number of rotatable bonds is 9. The van der Waals surface area contributed by atoms with Crippen LogP contribution in [0.5, 0.6) is 11.5 Å². The van der Waals surface area contributed by atoms with Crippen LogP contribution in [-0.2, 0) is 4.79 Å². The van der Waals surface area contributed by atoms with Gasteiger partial charge < -0.3 is 19.6 Å². The van der Waals surface area contributed by atoms with Gasteiger partial charge in [-0.05, 0) is 84.6 Å². The summed E-state index contributed by atoms with van der Waals surface area (Å²) in [6.45, 7) is 2.87. The van der Waals surface area contributed by atoms with Crippen LogP contribution in [0.3, 0.4) is 0 Å². The van der Waals surface area contributed by atoms with Gasteiger partial charge in [-0.2, -0.15) is 0 Å². The van der Waals surface area contributed by atoms with Crippen LogP contribution in [0.25, 0.3) is 28.1 Å². The summed E-state index contributed by atoms with van der Waals surface area (Å²) in [6.07, 6.45) is 4.44. The van der Waals surface area contributed by atoms with Gasteiger partial charge in [0.25, 0.3) is 5.91 Å². The van der Waals surface area contributed by atoms with Crippen molar-refractivity contribution in [2.75, 3.05) is 20.3 Å². The Kier molecular flexibility index (Phi) is 7.72. The number of nitrogens with zero attached hydrogens (tertiary/aromatic N) is 1. The van der Waals surface area contributed by atoms with Crippen LogP contribution in [0, 0.1) is 6.92 Å². The second-order valence-corrected chi connectivity index (χ2v) is 10.7. The molecule has 0 saturated carbocycles. The molecule has 2 heterocycles. The number of aromatic amines is 1. The molecule has 4 aromatic rings. The number of carboxylic acid groups (broad SMARTS) is 1. The van der Waals surface area contributed by atoms with Crippen LogP contribution < -0.4 is 9.47 Å². The van der Waals surface area contributed by atoms with E-state index in [2.05, 4.69) is 30.1 Å². The van der Waals surface area contributed by atoms with Crippen molar-refractivity contribution in [3.63, 3.8) is 0 Å². The monoisotopic (exact) mass is 558 g/mol. The molecule has 2 N–H and O–H groups in total. The van der Waals surface area contributed by atoms with Gasteiger partial charge >= 0.3 is 5.97 Å². The highest BCUT2D eigenvalue weighted by molar-refractivity contribution is 8.26.